The van der Waals surface area contributed by atoms with Crippen LogP contribution in [0.25, 0.3) is 0 Å². The molecule has 5 rings (SSSR count). The first-order chi connectivity index (χ1) is 14.6. The number of benzene rings is 1. The minimum atomic E-state index is -0.449. The van der Waals surface area contributed by atoms with E-state index in [9.17, 15) is 14.3 Å². The number of aromatic nitrogens is 2. The van der Waals surface area contributed by atoms with Gasteiger partial charge in [0.2, 0.25) is 0 Å². The van der Waals surface area contributed by atoms with Gasteiger partial charge in [0.05, 0.1) is 24.0 Å². The number of carbonyl (C=O) groups is 1. The number of rotatable bonds is 3. The van der Waals surface area contributed by atoms with Crippen LogP contribution in [0.5, 0.6) is 0 Å². The van der Waals surface area contributed by atoms with E-state index in [4.69, 9.17) is 0 Å². The molecule has 2 N–H and O–H groups in total. The maximum Gasteiger partial charge on any atom is 0.256 e. The Labute approximate surface area is 176 Å². The Hall–Kier alpha value is -2.25. The van der Waals surface area contributed by atoms with E-state index >= 15 is 0 Å². The minimum absolute atomic E-state index is 0.0104. The van der Waals surface area contributed by atoms with E-state index in [1.807, 2.05) is 16.8 Å². The number of halogens is 1. The predicted molar refractivity (Wildman–Crippen MR) is 111 cm³/mol. The van der Waals surface area contributed by atoms with Crippen LogP contribution in [0.1, 0.15) is 53.6 Å². The van der Waals surface area contributed by atoms with Gasteiger partial charge in [0, 0.05) is 25.5 Å². The first kappa shape index (κ1) is 19.7. The summed E-state index contributed by atoms with van der Waals surface area (Å²) < 4.78 is 16.6. The van der Waals surface area contributed by atoms with Gasteiger partial charge in [-0.05, 0) is 74.2 Å². The van der Waals surface area contributed by atoms with Crippen LogP contribution in [-0.4, -0.2) is 57.7 Å². The van der Waals surface area contributed by atoms with Crippen molar-refractivity contribution < 1.29 is 14.3 Å². The summed E-state index contributed by atoms with van der Waals surface area (Å²) in [4.78, 5) is 19.1. The lowest BCUT2D eigenvalue weighted by Gasteiger charge is -2.35. The van der Waals surface area contributed by atoms with E-state index in [2.05, 4.69) is 10.3 Å². The van der Waals surface area contributed by atoms with Crippen LogP contribution >= 0.6 is 0 Å². The zero-order valence-corrected chi connectivity index (χ0v) is 17.1. The Morgan fingerprint density at radius 3 is 2.67 bits per heavy atom. The van der Waals surface area contributed by atoms with Gasteiger partial charge in [0.25, 0.3) is 5.91 Å². The second-order valence-electron chi connectivity index (χ2n) is 9.11. The molecule has 1 amide bonds. The molecule has 0 bridgehead atoms. The second kappa shape index (κ2) is 8.12. The highest BCUT2D eigenvalue weighted by Gasteiger charge is 2.43. The van der Waals surface area contributed by atoms with Crippen LogP contribution in [0.4, 0.5) is 4.39 Å². The number of hydrogen-bond acceptors (Lipinski definition) is 4. The van der Waals surface area contributed by atoms with E-state index in [0.29, 0.717) is 31.3 Å². The van der Waals surface area contributed by atoms with Crippen molar-refractivity contribution in [2.45, 2.75) is 43.7 Å². The summed E-state index contributed by atoms with van der Waals surface area (Å²) in [5.74, 6) is 0.306. The molecule has 1 aromatic heterocycles. The van der Waals surface area contributed by atoms with Crippen molar-refractivity contribution in [2.24, 2.45) is 11.8 Å². The van der Waals surface area contributed by atoms with Crippen LogP contribution in [0.3, 0.4) is 0 Å². The summed E-state index contributed by atoms with van der Waals surface area (Å²) in [7, 11) is 0. The Morgan fingerprint density at radius 2 is 1.93 bits per heavy atom. The molecule has 3 fully saturated rings. The minimum Gasteiger partial charge on any atom is -0.391 e. The number of piperidine rings is 1. The molecule has 2 aromatic rings. The molecule has 2 saturated heterocycles. The molecule has 30 heavy (non-hydrogen) atoms. The highest BCUT2D eigenvalue weighted by Crippen LogP contribution is 2.41. The highest BCUT2D eigenvalue weighted by atomic mass is 19.1. The van der Waals surface area contributed by atoms with Crippen LogP contribution in [0, 0.1) is 17.7 Å². The first-order valence-corrected chi connectivity index (χ1v) is 11.0. The third kappa shape index (κ3) is 3.65. The van der Waals surface area contributed by atoms with Gasteiger partial charge in [-0.2, -0.15) is 0 Å². The molecule has 0 radical (unpaired) electrons. The normalized spacial score (nSPS) is 29.7. The number of nitrogens with zero attached hydrogens (tertiary/aromatic N) is 3. The summed E-state index contributed by atoms with van der Waals surface area (Å²) in [5, 5.41) is 14.0. The molecule has 3 heterocycles. The van der Waals surface area contributed by atoms with E-state index in [1.54, 1.807) is 23.5 Å². The van der Waals surface area contributed by atoms with Crippen molar-refractivity contribution >= 4 is 5.91 Å². The van der Waals surface area contributed by atoms with Gasteiger partial charge in [-0.1, -0.05) is 6.07 Å². The van der Waals surface area contributed by atoms with Gasteiger partial charge in [0.15, 0.2) is 0 Å². The SMILES string of the molecule is O=C(c1cc(C2CCNCC2)ccc1F)N1C[C@H]2C[C@@H](n3ccnc3)[C@H](O)C[C@H]2C1. The number of likely N-dealkylation sites (tertiary alicyclic amines) is 1. The van der Waals surface area contributed by atoms with Gasteiger partial charge in [-0.25, -0.2) is 9.37 Å². The van der Waals surface area contributed by atoms with Gasteiger partial charge < -0.3 is 19.9 Å². The number of carbonyl (C=O) groups excluding carboxylic acids is 1. The Morgan fingerprint density at radius 1 is 1.17 bits per heavy atom. The fourth-order valence-electron chi connectivity index (χ4n) is 5.65. The number of aliphatic hydroxyl groups excluding tert-OH is 1. The molecular weight excluding hydrogens is 383 g/mol. The Kier molecular flexibility index (Phi) is 5.33. The number of imidazole rings is 1. The lowest BCUT2D eigenvalue weighted by atomic mass is 9.77. The molecule has 0 spiro atoms. The topological polar surface area (TPSA) is 70.4 Å². The maximum atomic E-state index is 14.6. The summed E-state index contributed by atoms with van der Waals surface area (Å²) in [5.41, 5.74) is 1.25. The van der Waals surface area contributed by atoms with E-state index in [0.717, 1.165) is 37.9 Å². The Bertz CT molecular complexity index is 897. The zero-order chi connectivity index (χ0) is 20.7. The molecule has 4 atom stereocenters. The third-order valence-electron chi connectivity index (χ3n) is 7.34. The summed E-state index contributed by atoms with van der Waals surface area (Å²) in [6.07, 6.45) is 8.40. The molecule has 3 aliphatic rings. The van der Waals surface area contributed by atoms with Crippen molar-refractivity contribution in [1.82, 2.24) is 19.8 Å². The number of amides is 1. The third-order valence-corrected chi connectivity index (χ3v) is 7.34. The van der Waals surface area contributed by atoms with Crippen molar-refractivity contribution in [3.05, 3.63) is 53.9 Å². The summed E-state index contributed by atoms with van der Waals surface area (Å²) in [6.45, 7) is 3.13. The molecule has 1 aromatic carbocycles. The molecule has 6 nitrogen and oxygen atoms in total. The monoisotopic (exact) mass is 412 g/mol. The average Bonchev–Trinajstić information content (AvgIpc) is 3.43. The first-order valence-electron chi connectivity index (χ1n) is 11.0. The largest absolute Gasteiger partial charge is 0.391 e. The molecule has 7 heteroatoms. The lowest BCUT2D eigenvalue weighted by Crippen LogP contribution is -2.35. The Balaban J connectivity index is 1.32. The predicted octanol–water partition coefficient (Wildman–Crippen LogP) is 2.57. The maximum absolute atomic E-state index is 14.6. The number of fused-ring (bicyclic) bond motifs is 1. The number of hydrogen-bond donors (Lipinski definition) is 2. The van der Waals surface area contributed by atoms with Crippen molar-refractivity contribution in [3.8, 4) is 0 Å². The molecule has 0 unspecified atom stereocenters. The molecule has 2 aliphatic heterocycles. The highest BCUT2D eigenvalue weighted by molar-refractivity contribution is 5.95. The van der Waals surface area contributed by atoms with Crippen LogP contribution in [-0.2, 0) is 0 Å². The second-order valence-corrected chi connectivity index (χ2v) is 9.11. The van der Waals surface area contributed by atoms with Gasteiger partial charge >= 0.3 is 0 Å². The number of aliphatic hydroxyl groups is 1. The van der Waals surface area contributed by atoms with E-state index in [-0.39, 0.29) is 23.4 Å². The van der Waals surface area contributed by atoms with E-state index < -0.39 is 11.9 Å². The van der Waals surface area contributed by atoms with Gasteiger partial charge in [0.1, 0.15) is 5.82 Å². The van der Waals surface area contributed by atoms with E-state index in [1.165, 1.54) is 6.07 Å². The summed E-state index contributed by atoms with van der Waals surface area (Å²) in [6, 6.07) is 5.05. The van der Waals surface area contributed by atoms with Crippen molar-refractivity contribution in [3.63, 3.8) is 0 Å². The molecule has 1 aliphatic carbocycles. The average molecular weight is 413 g/mol. The molecular formula is C23H29FN4O2. The van der Waals surface area contributed by atoms with Crippen LogP contribution in [0.2, 0.25) is 0 Å². The standard InChI is InChI=1S/C23H29FN4O2/c24-20-2-1-16(15-3-5-25-6-4-15)9-19(20)23(30)28-12-17-10-21(27-8-7-26-14-27)22(29)11-18(17)13-28/h1-2,7-9,14-15,17-18,21-22,25,29H,3-6,10-13H2/t17-,18+,21-,22-/m1/s1. The van der Waals surface area contributed by atoms with Crippen molar-refractivity contribution in [2.75, 3.05) is 26.2 Å². The summed E-state index contributed by atoms with van der Waals surface area (Å²) >= 11 is 0. The van der Waals surface area contributed by atoms with Gasteiger partial charge in [-0.3, -0.25) is 4.79 Å². The van der Waals surface area contributed by atoms with Crippen molar-refractivity contribution in [1.29, 1.82) is 0 Å². The fraction of sp³-hybridized carbons (Fsp3) is 0.565. The smallest absolute Gasteiger partial charge is 0.256 e. The zero-order valence-electron chi connectivity index (χ0n) is 17.1. The fourth-order valence-corrected chi connectivity index (χ4v) is 5.65. The van der Waals surface area contributed by atoms with Gasteiger partial charge in [-0.15, -0.1) is 0 Å². The molecule has 160 valence electrons. The van der Waals surface area contributed by atoms with Crippen LogP contribution < -0.4 is 5.32 Å². The lowest BCUT2D eigenvalue weighted by molar-refractivity contribution is 0.0357. The molecule has 1 saturated carbocycles. The number of nitrogens with one attached hydrogen (secondary N) is 1. The van der Waals surface area contributed by atoms with Crippen LogP contribution in [0.15, 0.2) is 36.9 Å². The quantitative estimate of drug-likeness (QED) is 0.813.